The van der Waals surface area contributed by atoms with Gasteiger partial charge in [0.05, 0.1) is 19.0 Å². The highest BCUT2D eigenvalue weighted by atomic mass is 32.2. The van der Waals surface area contributed by atoms with Crippen LogP contribution in [-0.2, 0) is 27.7 Å². The lowest BCUT2D eigenvalue weighted by Gasteiger charge is -2.13. The zero-order chi connectivity index (χ0) is 23.0. The van der Waals surface area contributed by atoms with Crippen LogP contribution in [0.4, 0.5) is 5.69 Å². The van der Waals surface area contributed by atoms with Crippen molar-refractivity contribution in [3.8, 4) is 17.0 Å². The Morgan fingerprint density at radius 2 is 1.94 bits per heavy atom. The summed E-state index contributed by atoms with van der Waals surface area (Å²) in [4.78, 5) is 21.0. The maximum atomic E-state index is 12.7. The van der Waals surface area contributed by atoms with E-state index < -0.39 is 10.0 Å². The van der Waals surface area contributed by atoms with Gasteiger partial charge in [0.25, 0.3) is 10.0 Å². The van der Waals surface area contributed by atoms with Crippen molar-refractivity contribution in [2.45, 2.75) is 30.6 Å². The Kier molecular flexibility index (Phi) is 5.46. The topological polar surface area (TPSA) is 98.2 Å². The first-order chi connectivity index (χ1) is 15.9. The lowest BCUT2D eigenvalue weighted by Crippen LogP contribution is -2.13. The van der Waals surface area contributed by atoms with E-state index in [1.54, 1.807) is 12.1 Å². The fourth-order valence-electron chi connectivity index (χ4n) is 3.93. The summed E-state index contributed by atoms with van der Waals surface area (Å²) >= 11 is 0. The third kappa shape index (κ3) is 4.52. The summed E-state index contributed by atoms with van der Waals surface area (Å²) in [6.07, 6.45) is 8.47. The number of ketones is 1. The predicted octanol–water partition coefficient (Wildman–Crippen LogP) is 4.04. The van der Waals surface area contributed by atoms with Gasteiger partial charge in [-0.15, -0.1) is 0 Å². The molecular weight excluding hydrogens is 438 g/mol. The molecule has 0 amide bonds. The van der Waals surface area contributed by atoms with Crippen molar-refractivity contribution >= 4 is 27.6 Å². The Hall–Kier alpha value is -3.52. The number of fused-ring (bicyclic) bond motifs is 1. The normalized spacial score (nSPS) is 14.7. The molecule has 0 aliphatic heterocycles. The predicted molar refractivity (Wildman–Crippen MR) is 125 cm³/mol. The minimum atomic E-state index is -3.77. The molecular formula is C25H23N3O4S. The van der Waals surface area contributed by atoms with Gasteiger partial charge in [-0.25, -0.2) is 13.4 Å². The highest BCUT2D eigenvalue weighted by Crippen LogP contribution is 2.34. The molecule has 0 radical (unpaired) electrons. The second-order valence-corrected chi connectivity index (χ2v) is 9.95. The Morgan fingerprint density at radius 1 is 1.15 bits per heavy atom. The van der Waals surface area contributed by atoms with Gasteiger partial charge in [-0.05, 0) is 48.2 Å². The van der Waals surface area contributed by atoms with Crippen LogP contribution in [0.15, 0.2) is 59.6 Å². The number of allylic oxidation sites excluding steroid dienone is 1. The van der Waals surface area contributed by atoms with E-state index >= 15 is 0 Å². The van der Waals surface area contributed by atoms with Gasteiger partial charge >= 0.3 is 0 Å². The quantitative estimate of drug-likeness (QED) is 0.544. The second-order valence-electron chi connectivity index (χ2n) is 8.26. The van der Waals surface area contributed by atoms with E-state index in [1.165, 1.54) is 25.4 Å². The van der Waals surface area contributed by atoms with Gasteiger partial charge in [-0.3, -0.25) is 14.5 Å². The zero-order valence-electron chi connectivity index (χ0n) is 18.1. The van der Waals surface area contributed by atoms with Crippen LogP contribution >= 0.6 is 0 Å². The van der Waals surface area contributed by atoms with E-state index in [2.05, 4.69) is 21.9 Å². The maximum absolute atomic E-state index is 12.7. The van der Waals surface area contributed by atoms with Crippen molar-refractivity contribution in [2.75, 3.05) is 11.8 Å². The number of hydrogen-bond acceptors (Lipinski definition) is 6. The van der Waals surface area contributed by atoms with Crippen LogP contribution in [-0.4, -0.2) is 31.3 Å². The molecule has 0 atom stereocenters. The van der Waals surface area contributed by atoms with Gasteiger partial charge < -0.3 is 4.74 Å². The first kappa shape index (κ1) is 21.3. The number of aromatic nitrogens is 2. The van der Waals surface area contributed by atoms with E-state index in [1.807, 2.05) is 18.2 Å². The van der Waals surface area contributed by atoms with Crippen molar-refractivity contribution < 1.29 is 17.9 Å². The first-order valence-corrected chi connectivity index (χ1v) is 12.3. The van der Waals surface area contributed by atoms with Gasteiger partial charge in [0, 0.05) is 41.8 Å². The number of hydrogen-bond donors (Lipinski definition) is 1. The summed E-state index contributed by atoms with van der Waals surface area (Å²) in [7, 11) is -2.30. The number of nitrogens with one attached hydrogen (secondary N) is 1. The van der Waals surface area contributed by atoms with E-state index in [0.29, 0.717) is 18.0 Å². The van der Waals surface area contributed by atoms with Crippen molar-refractivity contribution in [1.29, 1.82) is 0 Å². The van der Waals surface area contributed by atoms with Crippen LogP contribution in [0.5, 0.6) is 5.88 Å². The number of methoxy groups -OCH3 is 1. The lowest BCUT2D eigenvalue weighted by molar-refractivity contribution is -0.119. The van der Waals surface area contributed by atoms with Crippen LogP contribution in [0.25, 0.3) is 17.2 Å². The summed E-state index contributed by atoms with van der Waals surface area (Å²) in [5.74, 6) is 0.808. The number of pyridine rings is 2. The Balaban J connectivity index is 1.39. The molecule has 0 saturated heterocycles. The Labute approximate surface area is 192 Å². The molecule has 1 saturated carbocycles. The van der Waals surface area contributed by atoms with Crippen LogP contribution in [0, 0.1) is 5.92 Å². The summed E-state index contributed by atoms with van der Waals surface area (Å²) in [5.41, 5.74) is 5.20. The maximum Gasteiger partial charge on any atom is 0.263 e. The van der Waals surface area contributed by atoms with Crippen molar-refractivity contribution in [2.24, 2.45) is 5.92 Å². The average molecular weight is 462 g/mol. The van der Waals surface area contributed by atoms with E-state index in [0.717, 1.165) is 47.3 Å². The number of ether oxygens (including phenoxy) is 1. The molecule has 2 aliphatic carbocycles. The molecule has 7 nitrogen and oxygen atoms in total. The molecule has 168 valence electrons. The highest BCUT2D eigenvalue weighted by molar-refractivity contribution is 7.92. The van der Waals surface area contributed by atoms with Crippen LogP contribution in [0.3, 0.4) is 0 Å². The number of carbonyl (C=O) groups excluding carboxylic acids is 1. The second kappa shape index (κ2) is 8.44. The van der Waals surface area contributed by atoms with Crippen LogP contribution in [0.1, 0.15) is 29.8 Å². The van der Waals surface area contributed by atoms with Gasteiger partial charge in [0.1, 0.15) is 10.7 Å². The van der Waals surface area contributed by atoms with Gasteiger partial charge in [-0.2, -0.15) is 0 Å². The Bertz CT molecular complexity index is 1340. The first-order valence-electron chi connectivity index (χ1n) is 10.8. The van der Waals surface area contributed by atoms with Crippen LogP contribution < -0.4 is 9.46 Å². The number of nitrogens with zero attached hydrogens (tertiary/aromatic N) is 2. The summed E-state index contributed by atoms with van der Waals surface area (Å²) in [5, 5.41) is 0. The lowest BCUT2D eigenvalue weighted by atomic mass is 9.97. The minimum absolute atomic E-state index is 0.0504. The Morgan fingerprint density at radius 3 is 2.61 bits per heavy atom. The molecule has 2 aromatic heterocycles. The fraction of sp³-hybridized carbons (Fsp3) is 0.240. The number of rotatable bonds is 8. The number of Topliss-reactive ketones (excluding diaryl/α,β-unsaturated/α-hetero) is 1. The molecule has 3 aromatic rings. The molecule has 1 fully saturated rings. The molecule has 1 aromatic carbocycles. The third-order valence-corrected chi connectivity index (χ3v) is 7.22. The smallest absolute Gasteiger partial charge is 0.263 e. The summed E-state index contributed by atoms with van der Waals surface area (Å²) in [6.45, 7) is 0. The van der Waals surface area contributed by atoms with Gasteiger partial charge in [0.2, 0.25) is 5.88 Å². The molecule has 5 rings (SSSR count). The van der Waals surface area contributed by atoms with Crippen LogP contribution in [0.2, 0.25) is 0 Å². The number of sulfonamides is 1. The molecule has 2 heterocycles. The van der Waals surface area contributed by atoms with E-state index in [-0.39, 0.29) is 16.6 Å². The minimum Gasteiger partial charge on any atom is -0.481 e. The molecule has 8 heteroatoms. The largest absolute Gasteiger partial charge is 0.481 e. The highest BCUT2D eigenvalue weighted by Gasteiger charge is 2.30. The van der Waals surface area contributed by atoms with Gasteiger partial charge in [0.15, 0.2) is 0 Å². The monoisotopic (exact) mass is 461 g/mol. The average Bonchev–Trinajstić information content (AvgIpc) is 3.57. The zero-order valence-corrected chi connectivity index (χ0v) is 18.9. The standard InChI is InChI=1S/C25H23N3O4S/c1-32-25-12-11-20(15-26-25)33(30,31)28-18-9-7-16(8-10-18)22-13-19(14-24(29)17-5-6-17)27-23-4-2-3-21(22)23/h2-3,7-13,15,17,28H,4-6,14H2,1H3. The molecule has 0 spiro atoms. The third-order valence-electron chi connectivity index (χ3n) is 5.85. The fourth-order valence-corrected chi connectivity index (χ4v) is 4.93. The molecule has 1 N–H and O–H groups in total. The van der Waals surface area contributed by atoms with Crippen molar-refractivity contribution in [1.82, 2.24) is 9.97 Å². The van der Waals surface area contributed by atoms with E-state index in [4.69, 9.17) is 9.72 Å². The number of benzene rings is 1. The molecule has 2 aliphatic rings. The SMILES string of the molecule is COc1ccc(S(=O)(=O)Nc2ccc(-c3cc(CC(=O)C4CC4)nc4c3C=CC4)cc2)cn1. The van der Waals surface area contributed by atoms with Crippen molar-refractivity contribution in [3.05, 3.63) is 71.7 Å². The summed E-state index contributed by atoms with van der Waals surface area (Å²) in [6, 6.07) is 12.1. The molecule has 0 bridgehead atoms. The van der Waals surface area contributed by atoms with Crippen molar-refractivity contribution in [3.63, 3.8) is 0 Å². The van der Waals surface area contributed by atoms with Gasteiger partial charge in [-0.1, -0.05) is 24.3 Å². The summed E-state index contributed by atoms with van der Waals surface area (Å²) < 4.78 is 32.9. The molecule has 0 unspecified atom stereocenters. The number of carbonyl (C=O) groups is 1. The molecule has 33 heavy (non-hydrogen) atoms. The van der Waals surface area contributed by atoms with E-state index in [9.17, 15) is 13.2 Å². The number of anilines is 1.